The Hall–Kier alpha value is -2.26. The van der Waals surface area contributed by atoms with Crippen LogP contribution in [0.4, 0.5) is 0 Å². The van der Waals surface area contributed by atoms with E-state index in [0.29, 0.717) is 0 Å². The largest absolute Gasteiger partial charge is 0.0696 e. The summed E-state index contributed by atoms with van der Waals surface area (Å²) < 4.78 is 0. The molecule has 0 saturated heterocycles. The third-order valence-electron chi connectivity index (χ3n) is 2.16. The smallest absolute Gasteiger partial charge is 0.00427 e. The van der Waals surface area contributed by atoms with Crippen molar-refractivity contribution in [1.82, 2.24) is 0 Å². The Morgan fingerprint density at radius 1 is 0.562 bits per heavy atom. The molecule has 0 saturated carbocycles. The van der Waals surface area contributed by atoms with Crippen LogP contribution in [0.1, 0.15) is 11.1 Å². The zero-order valence-corrected chi connectivity index (χ0v) is 8.93. The summed E-state index contributed by atoms with van der Waals surface area (Å²) in [6, 6.07) is 20.2. The lowest BCUT2D eigenvalue weighted by atomic mass is 10.2. The van der Waals surface area contributed by atoms with Gasteiger partial charge in [0.15, 0.2) is 0 Å². The van der Waals surface area contributed by atoms with Gasteiger partial charge in [0, 0.05) is 0 Å². The maximum absolute atomic E-state index is 3.02. The third-order valence-corrected chi connectivity index (χ3v) is 2.16. The molecule has 0 fully saturated rings. The molecule has 0 N–H and O–H groups in total. The van der Waals surface area contributed by atoms with Gasteiger partial charge in [0.25, 0.3) is 0 Å². The van der Waals surface area contributed by atoms with Gasteiger partial charge in [-0.1, -0.05) is 72.1 Å². The highest BCUT2D eigenvalue weighted by Crippen LogP contribution is 2.00. The first-order valence-electron chi connectivity index (χ1n) is 5.23. The number of benzene rings is 2. The molecule has 0 amide bonds. The molecule has 0 unspecified atom stereocenters. The van der Waals surface area contributed by atoms with E-state index in [4.69, 9.17) is 0 Å². The molecule has 0 atom stereocenters. The first-order valence-corrected chi connectivity index (χ1v) is 5.23. The highest BCUT2D eigenvalue weighted by Gasteiger charge is 1.80. The zero-order valence-electron chi connectivity index (χ0n) is 8.93. The molecule has 0 nitrogen and oxygen atoms in total. The summed E-state index contributed by atoms with van der Waals surface area (Å²) in [6.07, 6.45) is 3.83. The van der Waals surface area contributed by atoms with Gasteiger partial charge >= 0.3 is 0 Å². The molecule has 0 aromatic heterocycles. The van der Waals surface area contributed by atoms with E-state index < -0.39 is 0 Å². The summed E-state index contributed by atoms with van der Waals surface area (Å²) in [4.78, 5) is 0. The minimum atomic E-state index is 1.14. The molecule has 0 heterocycles. The van der Waals surface area contributed by atoms with Crippen molar-refractivity contribution in [3.63, 3.8) is 0 Å². The normalized spacial score (nSPS) is 8.75. The fourth-order valence-electron chi connectivity index (χ4n) is 1.35. The molecule has 2 aromatic rings. The molecular formula is C16H12. The Morgan fingerprint density at radius 3 is 1.31 bits per heavy atom. The third kappa shape index (κ3) is 3.15. The van der Waals surface area contributed by atoms with Crippen molar-refractivity contribution in [3.8, 4) is 0 Å². The SMILES string of the molecule is C(=C=Cc1ccccc1)=Cc1ccccc1. The van der Waals surface area contributed by atoms with Crippen molar-refractivity contribution in [2.75, 3.05) is 0 Å². The van der Waals surface area contributed by atoms with Crippen LogP contribution in [0.25, 0.3) is 12.2 Å². The Morgan fingerprint density at radius 2 is 0.938 bits per heavy atom. The van der Waals surface area contributed by atoms with Crippen molar-refractivity contribution in [2.45, 2.75) is 0 Å². The Bertz CT molecular complexity index is 471. The van der Waals surface area contributed by atoms with Gasteiger partial charge in [-0.05, 0) is 23.3 Å². The Balaban J connectivity index is 2.16. The minimum Gasteiger partial charge on any atom is -0.0696 e. The molecule has 0 aliphatic rings. The van der Waals surface area contributed by atoms with Gasteiger partial charge in [-0.15, -0.1) is 0 Å². The first-order chi connectivity index (χ1) is 7.95. The van der Waals surface area contributed by atoms with Crippen LogP contribution in [0, 0.1) is 0 Å². The second-order valence-electron chi connectivity index (χ2n) is 3.40. The quantitative estimate of drug-likeness (QED) is 0.644. The van der Waals surface area contributed by atoms with E-state index in [1.807, 2.05) is 72.8 Å². The molecule has 0 radical (unpaired) electrons. The average molecular weight is 204 g/mol. The number of hydrogen-bond donors (Lipinski definition) is 0. The average Bonchev–Trinajstić information content (AvgIpc) is 2.37. The van der Waals surface area contributed by atoms with Gasteiger partial charge in [0.1, 0.15) is 0 Å². The summed E-state index contributed by atoms with van der Waals surface area (Å²) >= 11 is 0. The molecule has 16 heavy (non-hydrogen) atoms. The van der Waals surface area contributed by atoms with Crippen molar-refractivity contribution in [2.24, 2.45) is 0 Å². The highest BCUT2D eigenvalue weighted by atomic mass is 13.8. The molecule has 0 aliphatic carbocycles. The molecule has 76 valence electrons. The van der Waals surface area contributed by atoms with E-state index in [2.05, 4.69) is 11.5 Å². The lowest BCUT2D eigenvalue weighted by molar-refractivity contribution is 1.66. The van der Waals surface area contributed by atoms with Crippen molar-refractivity contribution in [1.29, 1.82) is 0 Å². The van der Waals surface area contributed by atoms with Crippen molar-refractivity contribution in [3.05, 3.63) is 83.3 Å². The Labute approximate surface area is 95.9 Å². The topological polar surface area (TPSA) is 0 Å². The van der Waals surface area contributed by atoms with Gasteiger partial charge < -0.3 is 0 Å². The summed E-state index contributed by atoms with van der Waals surface area (Å²) in [5.74, 6) is 0. The molecule has 0 bridgehead atoms. The zero-order chi connectivity index (χ0) is 11.1. The predicted octanol–water partition coefficient (Wildman–Crippen LogP) is 4.17. The predicted molar refractivity (Wildman–Crippen MR) is 68.8 cm³/mol. The molecule has 0 aliphatic heterocycles. The maximum atomic E-state index is 3.02. The second kappa shape index (κ2) is 5.58. The van der Waals surface area contributed by atoms with Gasteiger partial charge in [-0.3, -0.25) is 0 Å². The van der Waals surface area contributed by atoms with Gasteiger partial charge in [0.2, 0.25) is 0 Å². The van der Waals surface area contributed by atoms with Crippen molar-refractivity contribution < 1.29 is 0 Å². The van der Waals surface area contributed by atoms with Crippen LogP contribution in [-0.2, 0) is 0 Å². The second-order valence-corrected chi connectivity index (χ2v) is 3.40. The molecular weight excluding hydrogens is 192 g/mol. The highest BCUT2D eigenvalue weighted by molar-refractivity contribution is 5.52. The fourth-order valence-corrected chi connectivity index (χ4v) is 1.35. The minimum absolute atomic E-state index is 1.14. The van der Waals surface area contributed by atoms with Gasteiger partial charge in [-0.2, -0.15) is 0 Å². The van der Waals surface area contributed by atoms with Crippen LogP contribution < -0.4 is 0 Å². The van der Waals surface area contributed by atoms with E-state index in [-0.39, 0.29) is 0 Å². The summed E-state index contributed by atoms with van der Waals surface area (Å²) in [6.45, 7) is 0. The van der Waals surface area contributed by atoms with Crippen molar-refractivity contribution >= 4 is 12.2 Å². The molecule has 2 aromatic carbocycles. The molecule has 0 heteroatoms. The number of hydrogen-bond acceptors (Lipinski definition) is 0. The summed E-state index contributed by atoms with van der Waals surface area (Å²) in [5, 5.41) is 0. The van der Waals surface area contributed by atoms with E-state index >= 15 is 0 Å². The van der Waals surface area contributed by atoms with E-state index in [0.717, 1.165) is 11.1 Å². The van der Waals surface area contributed by atoms with Crippen LogP contribution in [-0.4, -0.2) is 0 Å². The Kier molecular flexibility index (Phi) is 3.58. The molecule has 2 rings (SSSR count). The van der Waals surface area contributed by atoms with Crippen LogP contribution in [0.3, 0.4) is 0 Å². The monoisotopic (exact) mass is 204 g/mol. The van der Waals surface area contributed by atoms with Crippen LogP contribution >= 0.6 is 0 Å². The van der Waals surface area contributed by atoms with E-state index in [1.165, 1.54) is 0 Å². The summed E-state index contributed by atoms with van der Waals surface area (Å²) in [7, 11) is 0. The van der Waals surface area contributed by atoms with Crippen LogP contribution in [0.2, 0.25) is 0 Å². The van der Waals surface area contributed by atoms with Crippen LogP contribution in [0.5, 0.6) is 0 Å². The lowest BCUT2D eigenvalue weighted by Gasteiger charge is -1.86. The fraction of sp³-hybridized carbons (Fsp3) is 0. The van der Waals surface area contributed by atoms with Gasteiger partial charge in [0.05, 0.1) is 0 Å². The summed E-state index contributed by atoms with van der Waals surface area (Å²) in [5.41, 5.74) is 8.31. The lowest BCUT2D eigenvalue weighted by Crippen LogP contribution is -1.66. The number of rotatable bonds is 2. The standard InChI is InChI=1S/C16H12/c1-3-9-15(10-4-1)13-7-8-14-16-11-5-2-6-12-16/h1-6,9-14H. The first kappa shape index (κ1) is 10.3. The maximum Gasteiger partial charge on any atom is -0.00427 e. The van der Waals surface area contributed by atoms with E-state index in [9.17, 15) is 0 Å². The van der Waals surface area contributed by atoms with E-state index in [1.54, 1.807) is 0 Å². The van der Waals surface area contributed by atoms with Gasteiger partial charge in [-0.25, -0.2) is 0 Å². The molecule has 0 spiro atoms. The van der Waals surface area contributed by atoms with Crippen LogP contribution in [0.15, 0.2) is 72.1 Å².